The van der Waals surface area contributed by atoms with Crippen molar-refractivity contribution in [1.82, 2.24) is 14.8 Å². The molecule has 31 heavy (non-hydrogen) atoms. The van der Waals surface area contributed by atoms with Crippen LogP contribution in [-0.2, 0) is 6.54 Å². The van der Waals surface area contributed by atoms with E-state index in [4.69, 9.17) is 0 Å². The van der Waals surface area contributed by atoms with Crippen LogP contribution < -0.4 is 10.9 Å². The second-order valence-corrected chi connectivity index (χ2v) is 8.66. The third-order valence-electron chi connectivity index (χ3n) is 5.36. The summed E-state index contributed by atoms with van der Waals surface area (Å²) in [6.45, 7) is 2.47. The van der Waals surface area contributed by atoms with E-state index in [1.807, 2.05) is 30.5 Å². The van der Waals surface area contributed by atoms with Crippen molar-refractivity contribution in [1.29, 1.82) is 0 Å². The number of benzene rings is 2. The Balaban J connectivity index is 1.43. The largest absolute Gasteiger partial charge is 0.345 e. The molecule has 0 spiro atoms. The van der Waals surface area contributed by atoms with Gasteiger partial charge in [-0.05, 0) is 29.8 Å². The van der Waals surface area contributed by atoms with E-state index >= 15 is 0 Å². The van der Waals surface area contributed by atoms with E-state index in [0.29, 0.717) is 11.6 Å². The molecular weight excluding hydrogens is 418 g/mol. The molecular formula is C23H19F2N4OS+. The van der Waals surface area contributed by atoms with Crippen LogP contribution in [0.25, 0.3) is 21.8 Å². The van der Waals surface area contributed by atoms with E-state index in [2.05, 4.69) is 15.4 Å². The summed E-state index contributed by atoms with van der Waals surface area (Å²) in [6.07, 6.45) is 1.96. The van der Waals surface area contributed by atoms with E-state index in [1.165, 1.54) is 33.8 Å². The fourth-order valence-electron chi connectivity index (χ4n) is 3.57. The number of nitrogens with zero attached hydrogens (tertiary/aromatic N) is 3. The molecule has 1 fully saturated rings. The molecule has 1 saturated heterocycles. The first-order valence-electron chi connectivity index (χ1n) is 9.96. The minimum atomic E-state index is -0.690. The van der Waals surface area contributed by atoms with Gasteiger partial charge in [-0.15, -0.1) is 11.3 Å². The van der Waals surface area contributed by atoms with Gasteiger partial charge in [0, 0.05) is 34.3 Å². The third kappa shape index (κ3) is 4.17. The van der Waals surface area contributed by atoms with Crippen molar-refractivity contribution in [3.8, 4) is 21.8 Å². The Labute approximate surface area is 181 Å². The Morgan fingerprint density at radius 3 is 2.58 bits per heavy atom. The van der Waals surface area contributed by atoms with Gasteiger partial charge < -0.3 is 5.32 Å². The minimum absolute atomic E-state index is 0.244. The summed E-state index contributed by atoms with van der Waals surface area (Å²) in [5, 5.41) is 7.55. The summed E-state index contributed by atoms with van der Waals surface area (Å²) in [5.74, 6) is -0.790. The summed E-state index contributed by atoms with van der Waals surface area (Å²) in [7, 11) is 0. The van der Waals surface area contributed by atoms with Crippen molar-refractivity contribution >= 4 is 11.3 Å². The number of hydrogen-bond donors (Lipinski definition) is 1. The fraction of sp³-hybridized carbons (Fsp3) is 0.174. The smallest absolute Gasteiger partial charge is 0.267 e. The average molecular weight is 437 g/mol. The van der Waals surface area contributed by atoms with Crippen molar-refractivity contribution in [2.75, 3.05) is 13.1 Å². The number of hydrogen-bond acceptors (Lipinski definition) is 4. The lowest BCUT2D eigenvalue weighted by Crippen LogP contribution is -2.95. The van der Waals surface area contributed by atoms with Crippen LogP contribution in [0.5, 0.6) is 0 Å². The standard InChI is InChI=1S/C23H18F2N4OS/c24-18-7-16(8-19(25)9-18)20-4-5-22(30)29(28-20)13-14-2-1-3-15(6-14)23-27-12-21(31-23)17-10-26-11-17/h1-9,12,17,26H,10-11,13H2/p+1. The van der Waals surface area contributed by atoms with Crippen LogP contribution in [0.2, 0.25) is 0 Å². The summed E-state index contributed by atoms with van der Waals surface area (Å²) < 4.78 is 28.5. The lowest BCUT2D eigenvalue weighted by atomic mass is 10.0. The molecule has 8 heteroatoms. The Bertz CT molecular complexity index is 1290. The molecule has 0 atom stereocenters. The molecule has 1 aliphatic heterocycles. The Kier molecular flexibility index (Phi) is 5.17. The highest BCUT2D eigenvalue weighted by Crippen LogP contribution is 2.30. The highest BCUT2D eigenvalue weighted by Gasteiger charge is 2.25. The summed E-state index contributed by atoms with van der Waals surface area (Å²) in [5.41, 5.74) is 2.21. The second kappa shape index (κ2) is 8.13. The van der Waals surface area contributed by atoms with E-state index in [1.54, 1.807) is 11.3 Å². The van der Waals surface area contributed by atoms with Crippen molar-refractivity contribution in [3.63, 3.8) is 0 Å². The van der Waals surface area contributed by atoms with Crippen molar-refractivity contribution in [3.05, 3.63) is 93.2 Å². The first-order valence-corrected chi connectivity index (χ1v) is 10.8. The summed E-state index contributed by atoms with van der Waals surface area (Å²) >= 11 is 1.70. The maximum atomic E-state index is 13.6. The van der Waals surface area contributed by atoms with Gasteiger partial charge in [0.05, 0.1) is 31.2 Å². The molecule has 0 unspecified atom stereocenters. The van der Waals surface area contributed by atoms with E-state index in [0.717, 1.165) is 35.3 Å². The van der Waals surface area contributed by atoms with Gasteiger partial charge in [0.25, 0.3) is 5.56 Å². The van der Waals surface area contributed by atoms with Crippen molar-refractivity contribution in [2.45, 2.75) is 12.5 Å². The van der Waals surface area contributed by atoms with Crippen molar-refractivity contribution < 1.29 is 14.1 Å². The van der Waals surface area contributed by atoms with E-state index in [9.17, 15) is 13.6 Å². The molecule has 2 N–H and O–H groups in total. The average Bonchev–Trinajstić information content (AvgIpc) is 3.17. The first kappa shape index (κ1) is 19.7. The van der Waals surface area contributed by atoms with Crippen LogP contribution in [0.4, 0.5) is 8.78 Å². The van der Waals surface area contributed by atoms with Crippen LogP contribution in [0.3, 0.4) is 0 Å². The molecule has 0 aliphatic carbocycles. The Morgan fingerprint density at radius 1 is 1.03 bits per heavy atom. The minimum Gasteiger partial charge on any atom is -0.345 e. The quantitative estimate of drug-likeness (QED) is 0.522. The fourth-order valence-corrected chi connectivity index (χ4v) is 4.61. The number of quaternary nitrogens is 1. The molecule has 0 amide bonds. The first-order chi connectivity index (χ1) is 15.0. The number of thiazole rings is 1. The number of aromatic nitrogens is 3. The van der Waals surface area contributed by atoms with Crippen molar-refractivity contribution in [2.24, 2.45) is 0 Å². The predicted octanol–water partition coefficient (Wildman–Crippen LogP) is 3.02. The van der Waals surface area contributed by atoms with Crippen LogP contribution in [-0.4, -0.2) is 27.9 Å². The highest BCUT2D eigenvalue weighted by atomic mass is 32.1. The van der Waals surface area contributed by atoms with Crippen LogP contribution >= 0.6 is 11.3 Å². The molecule has 0 bridgehead atoms. The Hall–Kier alpha value is -3.23. The SMILES string of the molecule is O=c1ccc(-c2cc(F)cc(F)c2)nn1Cc1cccc(-c2ncc(C3C[NH2+]C3)s2)c1. The normalized spacial score (nSPS) is 13.9. The molecule has 2 aromatic carbocycles. The lowest BCUT2D eigenvalue weighted by Gasteiger charge is -2.20. The summed E-state index contributed by atoms with van der Waals surface area (Å²) in [6, 6.07) is 13.9. The van der Waals surface area contributed by atoms with Crippen LogP contribution in [0.1, 0.15) is 16.4 Å². The molecule has 2 aromatic heterocycles. The Morgan fingerprint density at radius 2 is 1.84 bits per heavy atom. The highest BCUT2D eigenvalue weighted by molar-refractivity contribution is 7.15. The zero-order chi connectivity index (χ0) is 21.4. The molecule has 0 radical (unpaired) electrons. The molecule has 4 aromatic rings. The molecule has 3 heterocycles. The second-order valence-electron chi connectivity index (χ2n) is 7.60. The van der Waals surface area contributed by atoms with E-state index in [-0.39, 0.29) is 17.7 Å². The van der Waals surface area contributed by atoms with Gasteiger partial charge in [0.1, 0.15) is 16.6 Å². The molecule has 5 nitrogen and oxygen atoms in total. The van der Waals surface area contributed by atoms with Gasteiger partial charge in [0.2, 0.25) is 0 Å². The maximum Gasteiger partial charge on any atom is 0.267 e. The van der Waals surface area contributed by atoms with Gasteiger partial charge in [-0.3, -0.25) is 4.79 Å². The third-order valence-corrected chi connectivity index (χ3v) is 6.57. The van der Waals surface area contributed by atoms with E-state index < -0.39 is 11.6 Å². The molecule has 5 rings (SSSR count). The maximum absolute atomic E-state index is 13.6. The zero-order valence-electron chi connectivity index (χ0n) is 16.5. The van der Waals surface area contributed by atoms with Gasteiger partial charge in [-0.25, -0.2) is 18.4 Å². The number of rotatable bonds is 5. The zero-order valence-corrected chi connectivity index (χ0v) is 17.3. The van der Waals surface area contributed by atoms with Gasteiger partial charge in [-0.2, -0.15) is 5.10 Å². The van der Waals surface area contributed by atoms with Gasteiger partial charge in [0.15, 0.2) is 0 Å². The monoisotopic (exact) mass is 437 g/mol. The molecule has 156 valence electrons. The number of nitrogens with two attached hydrogens (primary N) is 1. The van der Waals surface area contributed by atoms with Gasteiger partial charge >= 0.3 is 0 Å². The molecule has 1 aliphatic rings. The van der Waals surface area contributed by atoms with Gasteiger partial charge in [-0.1, -0.05) is 18.2 Å². The van der Waals surface area contributed by atoms with Crippen LogP contribution in [0.15, 0.2) is 65.6 Å². The summed E-state index contributed by atoms with van der Waals surface area (Å²) in [4.78, 5) is 18.2. The topological polar surface area (TPSA) is 64.4 Å². The lowest BCUT2D eigenvalue weighted by molar-refractivity contribution is -0.712. The molecule has 0 saturated carbocycles. The number of halogens is 2. The van der Waals surface area contributed by atoms with Crippen LogP contribution in [0, 0.1) is 11.6 Å². The predicted molar refractivity (Wildman–Crippen MR) is 115 cm³/mol.